The fraction of sp³-hybridized carbons (Fsp3) is 0.714. The topological polar surface area (TPSA) is 78.4 Å². The average Bonchev–Trinajstić information content (AvgIpc) is 2.34. The van der Waals surface area contributed by atoms with Gasteiger partial charge in [0.2, 0.25) is 11.8 Å². The Labute approximate surface area is 115 Å². The van der Waals surface area contributed by atoms with E-state index in [2.05, 4.69) is 16.6 Å². The summed E-state index contributed by atoms with van der Waals surface area (Å²) < 4.78 is 0. The number of aliphatic hydroxyl groups is 1. The van der Waals surface area contributed by atoms with Crippen molar-refractivity contribution in [1.29, 1.82) is 0 Å². The highest BCUT2D eigenvalue weighted by Crippen LogP contribution is 2.18. The Hall–Kier alpha value is -1.54. The maximum atomic E-state index is 11.5. The molecule has 3 N–H and O–H groups in total. The van der Waals surface area contributed by atoms with Gasteiger partial charge < -0.3 is 15.7 Å². The quantitative estimate of drug-likeness (QED) is 0.419. The van der Waals surface area contributed by atoms with E-state index in [1.165, 1.54) is 0 Å². The average molecular weight is 268 g/mol. The van der Waals surface area contributed by atoms with Gasteiger partial charge in [-0.1, -0.05) is 13.8 Å². The monoisotopic (exact) mass is 268 g/mol. The number of rotatable bonds is 9. The molecule has 0 saturated heterocycles. The van der Waals surface area contributed by atoms with Crippen molar-refractivity contribution in [3.05, 3.63) is 0 Å². The predicted molar refractivity (Wildman–Crippen MR) is 74.2 cm³/mol. The number of amides is 2. The number of hydrogen-bond donors (Lipinski definition) is 3. The highest BCUT2D eigenvalue weighted by molar-refractivity contribution is 5.77. The molecule has 0 fully saturated rings. The standard InChI is InChI=1S/C14H24N2O3/c1-4-5-6-7-12(18)15-8-9-16-13(19)10-14(2,3)11-17/h1,17H,5-11H2,2-3H3,(H,15,18)(H,16,19). The van der Waals surface area contributed by atoms with Crippen molar-refractivity contribution in [2.45, 2.75) is 39.5 Å². The van der Waals surface area contributed by atoms with Gasteiger partial charge in [-0.15, -0.1) is 12.3 Å². The fourth-order valence-corrected chi connectivity index (χ4v) is 1.40. The third-order valence-electron chi connectivity index (χ3n) is 2.56. The van der Waals surface area contributed by atoms with E-state index in [0.29, 0.717) is 32.4 Å². The van der Waals surface area contributed by atoms with Crippen molar-refractivity contribution in [3.63, 3.8) is 0 Å². The molecule has 0 aromatic heterocycles. The van der Waals surface area contributed by atoms with Crippen LogP contribution in [0.5, 0.6) is 0 Å². The molecule has 0 rings (SSSR count). The Balaban J connectivity index is 3.61. The van der Waals surface area contributed by atoms with Gasteiger partial charge in [0.1, 0.15) is 0 Å². The number of hydrogen-bond acceptors (Lipinski definition) is 3. The van der Waals surface area contributed by atoms with E-state index in [9.17, 15) is 9.59 Å². The van der Waals surface area contributed by atoms with Crippen LogP contribution in [0.2, 0.25) is 0 Å². The molecule has 0 aromatic rings. The van der Waals surface area contributed by atoms with Crippen molar-refractivity contribution in [2.75, 3.05) is 19.7 Å². The van der Waals surface area contributed by atoms with Gasteiger partial charge in [-0.25, -0.2) is 0 Å². The van der Waals surface area contributed by atoms with Crippen molar-refractivity contribution < 1.29 is 14.7 Å². The summed E-state index contributed by atoms with van der Waals surface area (Å²) in [5, 5.41) is 14.4. The van der Waals surface area contributed by atoms with Gasteiger partial charge in [-0.2, -0.15) is 0 Å². The first-order chi connectivity index (χ1) is 8.91. The Kier molecular flexibility index (Phi) is 8.64. The minimum Gasteiger partial charge on any atom is -0.396 e. The molecule has 0 aliphatic carbocycles. The zero-order chi connectivity index (χ0) is 14.7. The second kappa shape index (κ2) is 9.40. The lowest BCUT2D eigenvalue weighted by molar-refractivity contribution is -0.124. The molecule has 0 spiro atoms. The van der Waals surface area contributed by atoms with Crippen molar-refractivity contribution >= 4 is 11.8 Å². The molecule has 0 saturated carbocycles. The molecule has 0 atom stereocenters. The Morgan fingerprint density at radius 1 is 1.21 bits per heavy atom. The van der Waals surface area contributed by atoms with Gasteiger partial charge in [-0.05, 0) is 11.8 Å². The number of nitrogens with one attached hydrogen (secondary N) is 2. The largest absolute Gasteiger partial charge is 0.396 e. The first-order valence-corrected chi connectivity index (χ1v) is 6.49. The number of carbonyl (C=O) groups is 2. The van der Waals surface area contributed by atoms with Gasteiger partial charge in [0.15, 0.2) is 0 Å². The molecule has 0 unspecified atom stereocenters. The van der Waals surface area contributed by atoms with E-state index in [4.69, 9.17) is 11.5 Å². The summed E-state index contributed by atoms with van der Waals surface area (Å²) in [4.78, 5) is 22.8. The Morgan fingerprint density at radius 3 is 2.32 bits per heavy atom. The molecule has 108 valence electrons. The van der Waals surface area contributed by atoms with Gasteiger partial charge in [-0.3, -0.25) is 9.59 Å². The summed E-state index contributed by atoms with van der Waals surface area (Å²) in [6, 6.07) is 0. The van der Waals surface area contributed by atoms with Crippen molar-refractivity contribution in [2.24, 2.45) is 5.41 Å². The van der Waals surface area contributed by atoms with Crippen LogP contribution >= 0.6 is 0 Å². The van der Waals surface area contributed by atoms with E-state index in [1.54, 1.807) is 0 Å². The van der Waals surface area contributed by atoms with E-state index in [-0.39, 0.29) is 24.8 Å². The molecule has 5 heteroatoms. The molecule has 2 amide bonds. The molecular formula is C14H24N2O3. The molecule has 0 radical (unpaired) electrons. The van der Waals surface area contributed by atoms with E-state index >= 15 is 0 Å². The summed E-state index contributed by atoms with van der Waals surface area (Å²) >= 11 is 0. The molecule has 5 nitrogen and oxygen atoms in total. The van der Waals surface area contributed by atoms with Crippen molar-refractivity contribution in [1.82, 2.24) is 10.6 Å². The molecule has 0 heterocycles. The third kappa shape index (κ3) is 10.1. The lowest BCUT2D eigenvalue weighted by Crippen LogP contribution is -2.36. The van der Waals surface area contributed by atoms with Gasteiger partial charge in [0, 0.05) is 39.0 Å². The third-order valence-corrected chi connectivity index (χ3v) is 2.56. The lowest BCUT2D eigenvalue weighted by atomic mass is 9.90. The summed E-state index contributed by atoms with van der Waals surface area (Å²) in [6.45, 7) is 4.40. The number of aliphatic hydroxyl groups excluding tert-OH is 1. The first kappa shape index (κ1) is 17.5. The SMILES string of the molecule is C#CCCCC(=O)NCCNC(=O)CC(C)(C)CO. The fourth-order valence-electron chi connectivity index (χ4n) is 1.40. The highest BCUT2D eigenvalue weighted by atomic mass is 16.3. The smallest absolute Gasteiger partial charge is 0.220 e. The van der Waals surface area contributed by atoms with Crippen LogP contribution in [0, 0.1) is 17.8 Å². The summed E-state index contributed by atoms with van der Waals surface area (Å²) in [5.74, 6) is 2.30. The minimum atomic E-state index is -0.414. The summed E-state index contributed by atoms with van der Waals surface area (Å²) in [6.07, 6.45) is 7.04. The van der Waals surface area contributed by atoms with Gasteiger partial charge in [0.25, 0.3) is 0 Å². The number of terminal acetylenes is 1. The molecule has 0 aliphatic rings. The van der Waals surface area contributed by atoms with E-state index < -0.39 is 5.41 Å². The van der Waals surface area contributed by atoms with Crippen LogP contribution in [-0.2, 0) is 9.59 Å². The molecule has 19 heavy (non-hydrogen) atoms. The second-order valence-electron chi connectivity index (χ2n) is 5.26. The Bertz CT molecular complexity index is 332. The van der Waals surface area contributed by atoms with Gasteiger partial charge >= 0.3 is 0 Å². The zero-order valence-electron chi connectivity index (χ0n) is 11.8. The maximum Gasteiger partial charge on any atom is 0.220 e. The first-order valence-electron chi connectivity index (χ1n) is 6.49. The number of unbranched alkanes of at least 4 members (excludes halogenated alkanes) is 1. The van der Waals surface area contributed by atoms with Crippen LogP contribution in [0.15, 0.2) is 0 Å². The summed E-state index contributed by atoms with van der Waals surface area (Å²) in [5.41, 5.74) is -0.414. The van der Waals surface area contributed by atoms with Crippen LogP contribution in [0.1, 0.15) is 39.5 Å². The second-order valence-corrected chi connectivity index (χ2v) is 5.26. The molecular weight excluding hydrogens is 244 g/mol. The highest BCUT2D eigenvalue weighted by Gasteiger charge is 2.20. The number of carbonyl (C=O) groups excluding carboxylic acids is 2. The van der Waals surface area contributed by atoms with Crippen LogP contribution < -0.4 is 10.6 Å². The van der Waals surface area contributed by atoms with Crippen molar-refractivity contribution in [3.8, 4) is 12.3 Å². The maximum absolute atomic E-state index is 11.5. The van der Waals surface area contributed by atoms with E-state index in [0.717, 1.165) is 0 Å². The summed E-state index contributed by atoms with van der Waals surface area (Å²) in [7, 11) is 0. The van der Waals surface area contributed by atoms with Gasteiger partial charge in [0.05, 0.1) is 0 Å². The predicted octanol–water partition coefficient (Wildman–Crippen LogP) is 0.431. The Morgan fingerprint density at radius 2 is 1.79 bits per heavy atom. The van der Waals surface area contributed by atoms with E-state index in [1.807, 2.05) is 13.8 Å². The van der Waals surface area contributed by atoms with Crippen LogP contribution in [0.25, 0.3) is 0 Å². The lowest BCUT2D eigenvalue weighted by Gasteiger charge is -2.20. The van der Waals surface area contributed by atoms with Crippen LogP contribution in [-0.4, -0.2) is 36.6 Å². The minimum absolute atomic E-state index is 0.0354. The normalized spacial score (nSPS) is 10.6. The molecule has 0 aromatic carbocycles. The molecule has 0 aliphatic heterocycles. The van der Waals surface area contributed by atoms with Crippen LogP contribution in [0.3, 0.4) is 0 Å². The zero-order valence-corrected chi connectivity index (χ0v) is 11.8. The van der Waals surface area contributed by atoms with Crippen LogP contribution in [0.4, 0.5) is 0 Å². The molecule has 0 bridgehead atoms.